The van der Waals surface area contributed by atoms with E-state index in [0.717, 1.165) is 0 Å². The zero-order valence-electron chi connectivity index (χ0n) is 8.92. The maximum absolute atomic E-state index is 11.8. The number of nitrogens with zero attached hydrogens (tertiary/aromatic N) is 1. The van der Waals surface area contributed by atoms with Crippen LogP contribution < -0.4 is 11.1 Å². The molecule has 5 heteroatoms. The molecule has 17 heavy (non-hydrogen) atoms. The van der Waals surface area contributed by atoms with E-state index in [9.17, 15) is 4.79 Å². The van der Waals surface area contributed by atoms with Crippen LogP contribution in [0.3, 0.4) is 0 Å². The van der Waals surface area contributed by atoms with Crippen molar-refractivity contribution >= 4 is 17.4 Å². The number of nitrogens with two attached hydrogens (primary N) is 1. The van der Waals surface area contributed by atoms with Crippen LogP contribution in [0.1, 0.15) is 10.4 Å². The Morgan fingerprint density at radius 1 is 1.24 bits per heavy atom. The molecule has 1 aromatic carbocycles. The number of rotatable bonds is 2. The molecule has 0 saturated heterocycles. The van der Waals surface area contributed by atoms with Crippen molar-refractivity contribution in [2.45, 2.75) is 0 Å². The molecule has 4 N–H and O–H groups in total. The standard InChI is InChI=1S/C12H11N3O2/c13-10-2-1-7-14-11(10)15-12(17)8-3-5-9(16)6-4-8/h1-7,16H,13H2,(H,14,15,17). The summed E-state index contributed by atoms with van der Waals surface area (Å²) < 4.78 is 0. The van der Waals surface area contributed by atoms with E-state index in [1.165, 1.54) is 24.3 Å². The number of aromatic nitrogens is 1. The molecule has 0 aliphatic heterocycles. The minimum absolute atomic E-state index is 0.110. The van der Waals surface area contributed by atoms with Crippen LogP contribution in [0.2, 0.25) is 0 Å². The number of anilines is 2. The zero-order valence-corrected chi connectivity index (χ0v) is 8.92. The number of carbonyl (C=O) groups excluding carboxylic acids is 1. The van der Waals surface area contributed by atoms with E-state index in [-0.39, 0.29) is 11.7 Å². The number of phenols is 1. The topological polar surface area (TPSA) is 88.2 Å². The maximum Gasteiger partial charge on any atom is 0.256 e. The third-order valence-electron chi connectivity index (χ3n) is 2.20. The number of nitrogen functional groups attached to an aromatic ring is 1. The number of aromatic hydroxyl groups is 1. The van der Waals surface area contributed by atoms with Crippen LogP contribution in [0.25, 0.3) is 0 Å². The number of carbonyl (C=O) groups is 1. The SMILES string of the molecule is Nc1cccnc1NC(=O)c1ccc(O)cc1. The lowest BCUT2D eigenvalue weighted by molar-refractivity contribution is 0.102. The molecular formula is C12H11N3O2. The van der Waals surface area contributed by atoms with E-state index in [0.29, 0.717) is 17.1 Å². The quantitative estimate of drug-likeness (QED) is 0.730. The van der Waals surface area contributed by atoms with Crippen molar-refractivity contribution in [3.8, 4) is 5.75 Å². The second-order valence-corrected chi connectivity index (χ2v) is 3.44. The first-order valence-electron chi connectivity index (χ1n) is 4.97. The van der Waals surface area contributed by atoms with Gasteiger partial charge in [-0.05, 0) is 36.4 Å². The Kier molecular flexibility index (Phi) is 2.91. The Morgan fingerprint density at radius 3 is 2.59 bits per heavy atom. The summed E-state index contributed by atoms with van der Waals surface area (Å²) in [4.78, 5) is 15.7. The van der Waals surface area contributed by atoms with Gasteiger partial charge in [0, 0.05) is 11.8 Å². The summed E-state index contributed by atoms with van der Waals surface area (Å²) in [6.07, 6.45) is 1.54. The van der Waals surface area contributed by atoms with Crippen molar-refractivity contribution in [3.63, 3.8) is 0 Å². The number of phenolic OH excluding ortho intramolecular Hbond substituents is 1. The van der Waals surface area contributed by atoms with E-state index < -0.39 is 0 Å². The van der Waals surface area contributed by atoms with Crippen molar-refractivity contribution < 1.29 is 9.90 Å². The molecule has 5 nitrogen and oxygen atoms in total. The van der Waals surface area contributed by atoms with Gasteiger partial charge >= 0.3 is 0 Å². The molecule has 1 heterocycles. The minimum atomic E-state index is -0.324. The third kappa shape index (κ3) is 2.52. The summed E-state index contributed by atoms with van der Waals surface area (Å²) in [5.41, 5.74) is 6.48. The summed E-state index contributed by atoms with van der Waals surface area (Å²) in [7, 11) is 0. The number of nitrogens with one attached hydrogen (secondary N) is 1. The highest BCUT2D eigenvalue weighted by Crippen LogP contribution is 2.15. The number of hydrogen-bond acceptors (Lipinski definition) is 4. The van der Waals surface area contributed by atoms with Crippen LogP contribution in [0.5, 0.6) is 5.75 Å². The molecule has 0 spiro atoms. The Bertz CT molecular complexity index is 538. The Hall–Kier alpha value is -2.56. The van der Waals surface area contributed by atoms with Crippen LogP contribution in [0.4, 0.5) is 11.5 Å². The number of pyridine rings is 1. The Balaban J connectivity index is 2.17. The molecule has 2 aromatic rings. The van der Waals surface area contributed by atoms with Gasteiger partial charge < -0.3 is 16.2 Å². The highest BCUT2D eigenvalue weighted by Gasteiger charge is 2.08. The average molecular weight is 229 g/mol. The molecule has 1 aromatic heterocycles. The zero-order chi connectivity index (χ0) is 12.3. The van der Waals surface area contributed by atoms with Gasteiger partial charge in [-0.1, -0.05) is 0 Å². The molecule has 1 amide bonds. The van der Waals surface area contributed by atoms with Gasteiger partial charge in [0.2, 0.25) is 0 Å². The Labute approximate surface area is 97.9 Å². The van der Waals surface area contributed by atoms with Crippen molar-refractivity contribution in [2.24, 2.45) is 0 Å². The minimum Gasteiger partial charge on any atom is -0.508 e. The van der Waals surface area contributed by atoms with E-state index in [1.54, 1.807) is 18.3 Å². The van der Waals surface area contributed by atoms with Crippen molar-refractivity contribution in [2.75, 3.05) is 11.1 Å². The normalized spacial score (nSPS) is 9.88. The number of benzene rings is 1. The van der Waals surface area contributed by atoms with Crippen LogP contribution in [0.15, 0.2) is 42.6 Å². The lowest BCUT2D eigenvalue weighted by atomic mass is 10.2. The average Bonchev–Trinajstić information content (AvgIpc) is 2.33. The van der Waals surface area contributed by atoms with Gasteiger partial charge in [0.05, 0.1) is 5.69 Å². The summed E-state index contributed by atoms with van der Waals surface area (Å²) in [6.45, 7) is 0. The predicted molar refractivity (Wildman–Crippen MR) is 64.7 cm³/mol. The molecule has 0 fully saturated rings. The molecular weight excluding hydrogens is 218 g/mol. The van der Waals surface area contributed by atoms with Gasteiger partial charge in [-0.25, -0.2) is 4.98 Å². The fourth-order valence-electron chi connectivity index (χ4n) is 1.31. The van der Waals surface area contributed by atoms with Crippen LogP contribution >= 0.6 is 0 Å². The highest BCUT2D eigenvalue weighted by molar-refractivity contribution is 6.05. The lowest BCUT2D eigenvalue weighted by Gasteiger charge is -2.06. The van der Waals surface area contributed by atoms with Crippen LogP contribution in [-0.4, -0.2) is 16.0 Å². The van der Waals surface area contributed by atoms with Gasteiger partial charge in [-0.15, -0.1) is 0 Å². The second kappa shape index (κ2) is 4.52. The molecule has 2 rings (SSSR count). The molecule has 0 unspecified atom stereocenters. The van der Waals surface area contributed by atoms with Gasteiger partial charge in [0.25, 0.3) is 5.91 Å². The third-order valence-corrected chi connectivity index (χ3v) is 2.20. The molecule has 0 bridgehead atoms. The maximum atomic E-state index is 11.8. The lowest BCUT2D eigenvalue weighted by Crippen LogP contribution is -2.14. The van der Waals surface area contributed by atoms with Crippen molar-refractivity contribution in [1.82, 2.24) is 4.98 Å². The molecule has 0 atom stereocenters. The Morgan fingerprint density at radius 2 is 1.94 bits per heavy atom. The first-order valence-corrected chi connectivity index (χ1v) is 4.97. The van der Waals surface area contributed by atoms with Gasteiger partial charge in [-0.2, -0.15) is 0 Å². The number of hydrogen-bond donors (Lipinski definition) is 3. The van der Waals surface area contributed by atoms with Crippen molar-refractivity contribution in [1.29, 1.82) is 0 Å². The summed E-state index contributed by atoms with van der Waals surface area (Å²) >= 11 is 0. The molecule has 0 aliphatic rings. The molecule has 86 valence electrons. The van der Waals surface area contributed by atoms with E-state index in [1.807, 2.05) is 0 Å². The summed E-state index contributed by atoms with van der Waals surface area (Å²) in [5.74, 6) is 0.111. The second-order valence-electron chi connectivity index (χ2n) is 3.44. The van der Waals surface area contributed by atoms with Crippen molar-refractivity contribution in [3.05, 3.63) is 48.2 Å². The molecule has 0 aliphatic carbocycles. The molecule has 0 saturated carbocycles. The summed E-state index contributed by atoms with van der Waals surface area (Å²) in [6, 6.07) is 9.26. The first-order chi connectivity index (χ1) is 8.16. The monoisotopic (exact) mass is 229 g/mol. The largest absolute Gasteiger partial charge is 0.508 e. The fourth-order valence-corrected chi connectivity index (χ4v) is 1.31. The van der Waals surface area contributed by atoms with E-state index >= 15 is 0 Å². The highest BCUT2D eigenvalue weighted by atomic mass is 16.3. The predicted octanol–water partition coefficient (Wildman–Crippen LogP) is 1.62. The van der Waals surface area contributed by atoms with Gasteiger partial charge in [-0.3, -0.25) is 4.79 Å². The summed E-state index contributed by atoms with van der Waals surface area (Å²) in [5, 5.41) is 11.7. The molecule has 0 radical (unpaired) electrons. The van der Waals surface area contributed by atoms with E-state index in [2.05, 4.69) is 10.3 Å². The fraction of sp³-hybridized carbons (Fsp3) is 0. The van der Waals surface area contributed by atoms with Crippen LogP contribution in [-0.2, 0) is 0 Å². The van der Waals surface area contributed by atoms with E-state index in [4.69, 9.17) is 10.8 Å². The van der Waals surface area contributed by atoms with Gasteiger partial charge in [0.1, 0.15) is 5.75 Å². The number of amides is 1. The van der Waals surface area contributed by atoms with Gasteiger partial charge in [0.15, 0.2) is 5.82 Å². The first kappa shape index (κ1) is 10.9. The smallest absolute Gasteiger partial charge is 0.256 e. The van der Waals surface area contributed by atoms with Crippen LogP contribution in [0, 0.1) is 0 Å².